The van der Waals surface area contributed by atoms with Crippen LogP contribution in [0.1, 0.15) is 103 Å². The van der Waals surface area contributed by atoms with Crippen LogP contribution in [0.4, 0.5) is 0 Å². The highest BCUT2D eigenvalue weighted by Crippen LogP contribution is 2.34. The Morgan fingerprint density at radius 2 is 1.42 bits per heavy atom. The van der Waals surface area contributed by atoms with Crippen molar-refractivity contribution < 1.29 is 4.74 Å². The largest absolute Gasteiger partial charge is 0.378 e. The van der Waals surface area contributed by atoms with Crippen molar-refractivity contribution >= 4 is 0 Å². The van der Waals surface area contributed by atoms with E-state index < -0.39 is 0 Å². The average Bonchev–Trinajstić information content (AvgIpc) is 2.64. The molecule has 0 unspecified atom stereocenters. The SMILES string of the molecule is CCCCCC[C@H]1CC[C@H](CCCO[C@H]2CC[C@H](C#N)CC2)CC1. The summed E-state index contributed by atoms with van der Waals surface area (Å²) in [7, 11) is 0. The van der Waals surface area contributed by atoms with Crippen LogP contribution in [-0.2, 0) is 4.74 Å². The minimum absolute atomic E-state index is 0.294. The second-order valence-electron chi connectivity index (χ2n) is 8.35. The van der Waals surface area contributed by atoms with Crippen LogP contribution < -0.4 is 0 Å². The lowest BCUT2D eigenvalue weighted by Crippen LogP contribution is -2.22. The molecule has 0 aliphatic heterocycles. The molecule has 0 radical (unpaired) electrons. The molecule has 0 aromatic heterocycles. The van der Waals surface area contributed by atoms with Gasteiger partial charge >= 0.3 is 0 Å². The molecular weight excluding hydrogens is 294 g/mol. The topological polar surface area (TPSA) is 33.0 Å². The molecule has 0 heterocycles. The Labute approximate surface area is 150 Å². The minimum atomic E-state index is 0.294. The molecule has 138 valence electrons. The van der Waals surface area contributed by atoms with Gasteiger partial charge < -0.3 is 4.74 Å². The maximum atomic E-state index is 8.94. The highest BCUT2D eigenvalue weighted by Gasteiger charge is 2.22. The smallest absolute Gasteiger partial charge is 0.0655 e. The second kappa shape index (κ2) is 11.9. The van der Waals surface area contributed by atoms with E-state index in [1.165, 1.54) is 70.6 Å². The number of nitrogens with zero attached hydrogens (tertiary/aromatic N) is 1. The van der Waals surface area contributed by atoms with Crippen LogP contribution in [0.5, 0.6) is 0 Å². The first-order valence-electron chi connectivity index (χ1n) is 10.8. The van der Waals surface area contributed by atoms with E-state index in [4.69, 9.17) is 10.00 Å². The van der Waals surface area contributed by atoms with Crippen molar-refractivity contribution in [3.05, 3.63) is 0 Å². The number of nitriles is 1. The summed E-state index contributed by atoms with van der Waals surface area (Å²) in [6.45, 7) is 3.24. The molecule has 0 aromatic carbocycles. The molecule has 0 spiro atoms. The predicted octanol–water partition coefficient (Wildman–Crippen LogP) is 6.64. The molecule has 2 fully saturated rings. The van der Waals surface area contributed by atoms with Gasteiger partial charge in [-0.05, 0) is 50.4 Å². The number of hydrogen-bond donors (Lipinski definition) is 0. The van der Waals surface area contributed by atoms with Gasteiger partial charge in [-0.25, -0.2) is 0 Å². The molecule has 2 saturated carbocycles. The highest BCUT2D eigenvalue weighted by atomic mass is 16.5. The van der Waals surface area contributed by atoms with Gasteiger partial charge in [0.2, 0.25) is 0 Å². The van der Waals surface area contributed by atoms with Crippen molar-refractivity contribution in [1.82, 2.24) is 0 Å². The summed E-state index contributed by atoms with van der Waals surface area (Å²) < 4.78 is 6.05. The van der Waals surface area contributed by atoms with E-state index in [1.807, 2.05) is 0 Å². The first-order valence-corrected chi connectivity index (χ1v) is 10.8. The first-order chi connectivity index (χ1) is 11.8. The summed E-state index contributed by atoms with van der Waals surface area (Å²) >= 11 is 0. The Kier molecular flexibility index (Phi) is 9.81. The Bertz CT molecular complexity index is 345. The van der Waals surface area contributed by atoms with E-state index in [0.717, 1.165) is 44.1 Å². The fourth-order valence-corrected chi connectivity index (χ4v) is 4.65. The van der Waals surface area contributed by atoms with Gasteiger partial charge in [-0.3, -0.25) is 0 Å². The molecule has 2 nitrogen and oxygen atoms in total. The Morgan fingerprint density at radius 1 is 0.792 bits per heavy atom. The van der Waals surface area contributed by atoms with E-state index in [0.29, 0.717) is 12.0 Å². The van der Waals surface area contributed by atoms with Crippen LogP contribution in [-0.4, -0.2) is 12.7 Å². The summed E-state index contributed by atoms with van der Waals surface area (Å²) in [6, 6.07) is 2.40. The summed E-state index contributed by atoms with van der Waals surface area (Å²) in [5.74, 6) is 2.29. The molecule has 0 saturated heterocycles. The molecule has 24 heavy (non-hydrogen) atoms. The predicted molar refractivity (Wildman–Crippen MR) is 101 cm³/mol. The summed E-state index contributed by atoms with van der Waals surface area (Å²) in [6.07, 6.45) is 20.4. The van der Waals surface area contributed by atoms with E-state index in [-0.39, 0.29) is 0 Å². The zero-order chi connectivity index (χ0) is 17.0. The van der Waals surface area contributed by atoms with E-state index >= 15 is 0 Å². The monoisotopic (exact) mass is 333 g/mol. The van der Waals surface area contributed by atoms with Crippen molar-refractivity contribution in [3.8, 4) is 6.07 Å². The summed E-state index contributed by atoms with van der Waals surface area (Å²) in [5.41, 5.74) is 0. The number of hydrogen-bond acceptors (Lipinski definition) is 2. The van der Waals surface area contributed by atoms with Crippen LogP contribution in [0.25, 0.3) is 0 Å². The Balaban J connectivity index is 1.44. The molecule has 2 heteroatoms. The number of rotatable bonds is 10. The third kappa shape index (κ3) is 7.56. The maximum absolute atomic E-state index is 8.94. The van der Waals surface area contributed by atoms with Crippen molar-refractivity contribution in [3.63, 3.8) is 0 Å². The lowest BCUT2D eigenvalue weighted by Gasteiger charge is -2.29. The maximum Gasteiger partial charge on any atom is 0.0655 e. The fourth-order valence-electron chi connectivity index (χ4n) is 4.65. The van der Waals surface area contributed by atoms with E-state index in [2.05, 4.69) is 13.0 Å². The summed E-state index contributed by atoms with van der Waals surface area (Å²) in [5, 5.41) is 8.94. The molecule has 2 aliphatic carbocycles. The van der Waals surface area contributed by atoms with Crippen LogP contribution >= 0.6 is 0 Å². The zero-order valence-electron chi connectivity index (χ0n) is 16.0. The van der Waals surface area contributed by atoms with Crippen molar-refractivity contribution in [2.75, 3.05) is 6.61 Å². The average molecular weight is 334 g/mol. The molecule has 0 amide bonds. The van der Waals surface area contributed by atoms with Crippen LogP contribution in [0.3, 0.4) is 0 Å². The summed E-state index contributed by atoms with van der Waals surface area (Å²) in [4.78, 5) is 0. The molecule has 0 bridgehead atoms. The van der Waals surface area contributed by atoms with Crippen LogP contribution in [0.2, 0.25) is 0 Å². The van der Waals surface area contributed by atoms with Gasteiger partial charge in [0.05, 0.1) is 12.2 Å². The van der Waals surface area contributed by atoms with Crippen molar-refractivity contribution in [2.45, 2.75) is 109 Å². The van der Waals surface area contributed by atoms with Gasteiger partial charge in [0.1, 0.15) is 0 Å². The van der Waals surface area contributed by atoms with Crippen molar-refractivity contribution in [2.24, 2.45) is 17.8 Å². The third-order valence-corrected chi connectivity index (χ3v) is 6.40. The van der Waals surface area contributed by atoms with Crippen LogP contribution in [0.15, 0.2) is 0 Å². The van der Waals surface area contributed by atoms with Gasteiger partial charge in [0.15, 0.2) is 0 Å². The number of ether oxygens (including phenoxy) is 1. The lowest BCUT2D eigenvalue weighted by molar-refractivity contribution is 0.0187. The van der Waals surface area contributed by atoms with Gasteiger partial charge in [0.25, 0.3) is 0 Å². The normalized spacial score (nSPS) is 30.8. The molecule has 0 N–H and O–H groups in total. The Hall–Kier alpha value is -0.550. The quantitative estimate of drug-likeness (QED) is 0.420. The van der Waals surface area contributed by atoms with Crippen molar-refractivity contribution in [1.29, 1.82) is 5.26 Å². The molecule has 2 aliphatic rings. The van der Waals surface area contributed by atoms with Gasteiger partial charge in [-0.15, -0.1) is 0 Å². The highest BCUT2D eigenvalue weighted by molar-refractivity contribution is 4.87. The Morgan fingerprint density at radius 3 is 2.00 bits per heavy atom. The van der Waals surface area contributed by atoms with E-state index in [1.54, 1.807) is 0 Å². The molecular formula is C22H39NO. The molecule has 2 rings (SSSR count). The molecule has 0 aromatic rings. The minimum Gasteiger partial charge on any atom is -0.378 e. The van der Waals surface area contributed by atoms with E-state index in [9.17, 15) is 0 Å². The second-order valence-corrected chi connectivity index (χ2v) is 8.35. The lowest BCUT2D eigenvalue weighted by atomic mass is 9.78. The van der Waals surface area contributed by atoms with Crippen LogP contribution in [0, 0.1) is 29.1 Å². The standard InChI is InChI=1S/C22H39NO/c1-2-3-4-5-7-19-9-11-20(12-10-19)8-6-17-24-22-15-13-21(18-23)14-16-22/h19-22H,2-17H2,1H3/t19-,20-,21-,22-. The van der Waals surface area contributed by atoms with Gasteiger partial charge in [0, 0.05) is 12.5 Å². The first kappa shape index (κ1) is 19.8. The molecule has 0 atom stereocenters. The third-order valence-electron chi connectivity index (χ3n) is 6.40. The number of unbranched alkanes of at least 4 members (excludes halogenated alkanes) is 3. The fraction of sp³-hybridized carbons (Fsp3) is 0.955. The van der Waals surface area contributed by atoms with Gasteiger partial charge in [-0.2, -0.15) is 5.26 Å². The zero-order valence-corrected chi connectivity index (χ0v) is 16.0. The van der Waals surface area contributed by atoms with Gasteiger partial charge in [-0.1, -0.05) is 64.7 Å².